The van der Waals surface area contributed by atoms with E-state index in [2.05, 4.69) is 11.9 Å². The summed E-state index contributed by atoms with van der Waals surface area (Å²) in [6.45, 7) is 3.90. The molecule has 1 fully saturated rings. The predicted molar refractivity (Wildman–Crippen MR) is 59.9 cm³/mol. The maximum atomic E-state index is 12.4. The van der Waals surface area contributed by atoms with Crippen LogP contribution in [0.15, 0.2) is 18.3 Å². The second-order valence-corrected chi connectivity index (χ2v) is 4.60. The average molecular weight is 280 g/mol. The number of halogens is 4. The number of rotatable bonds is 1. The Morgan fingerprint density at radius 2 is 2.06 bits per heavy atom. The van der Waals surface area contributed by atoms with Crippen molar-refractivity contribution in [3.05, 3.63) is 23.9 Å². The van der Waals surface area contributed by atoms with Crippen LogP contribution in [0.25, 0.3) is 0 Å². The number of hydrogen-bond acceptors (Lipinski definition) is 2. The van der Waals surface area contributed by atoms with Crippen LogP contribution in [-0.2, 0) is 6.18 Å². The first-order valence-electron chi connectivity index (χ1n) is 5.75. The van der Waals surface area contributed by atoms with Gasteiger partial charge in [0.05, 0.1) is 5.56 Å². The summed E-state index contributed by atoms with van der Waals surface area (Å²) in [5.41, 5.74) is -0.689. The van der Waals surface area contributed by atoms with Crippen molar-refractivity contribution in [3.63, 3.8) is 0 Å². The largest absolute Gasteiger partial charge is 1.00 e. The summed E-state index contributed by atoms with van der Waals surface area (Å²) in [4.78, 5) is 5.96. The number of alkyl halides is 3. The van der Waals surface area contributed by atoms with E-state index in [0.29, 0.717) is 11.7 Å². The minimum Gasteiger partial charge on any atom is -1.00 e. The lowest BCUT2D eigenvalue weighted by atomic mass is 10.0. The molecule has 1 aromatic rings. The fourth-order valence-electron chi connectivity index (χ4n) is 2.14. The van der Waals surface area contributed by atoms with E-state index in [4.69, 9.17) is 0 Å². The molecule has 1 saturated heterocycles. The molecule has 0 amide bonds. The fourth-order valence-corrected chi connectivity index (χ4v) is 2.14. The van der Waals surface area contributed by atoms with Crippen molar-refractivity contribution < 1.29 is 25.6 Å². The molecule has 0 bridgehead atoms. The van der Waals surface area contributed by atoms with Crippen molar-refractivity contribution in [2.75, 3.05) is 18.0 Å². The van der Waals surface area contributed by atoms with Gasteiger partial charge in [-0.15, -0.1) is 0 Å². The van der Waals surface area contributed by atoms with Crippen LogP contribution in [0.1, 0.15) is 25.3 Å². The average Bonchev–Trinajstić information content (AvgIpc) is 2.28. The quantitative estimate of drug-likeness (QED) is 0.737. The maximum absolute atomic E-state index is 12.4. The summed E-state index contributed by atoms with van der Waals surface area (Å²) in [5.74, 6) is 1.22. The summed E-state index contributed by atoms with van der Waals surface area (Å²) < 4.78 is 37.1. The Labute approximate surface area is 111 Å². The highest BCUT2D eigenvalue weighted by atomic mass is 35.5. The summed E-state index contributed by atoms with van der Waals surface area (Å²) in [5, 5.41) is 0. The maximum Gasteiger partial charge on any atom is 0.417 e. The van der Waals surface area contributed by atoms with Gasteiger partial charge in [0.15, 0.2) is 0 Å². The van der Waals surface area contributed by atoms with E-state index in [-0.39, 0.29) is 12.4 Å². The lowest BCUT2D eigenvalue weighted by molar-refractivity contribution is -0.137. The zero-order chi connectivity index (χ0) is 12.5. The van der Waals surface area contributed by atoms with Crippen LogP contribution < -0.4 is 17.3 Å². The van der Waals surface area contributed by atoms with Crippen LogP contribution in [0.2, 0.25) is 0 Å². The topological polar surface area (TPSA) is 16.1 Å². The number of pyridine rings is 1. The van der Waals surface area contributed by atoms with E-state index in [1.165, 1.54) is 12.5 Å². The van der Waals surface area contributed by atoms with Gasteiger partial charge in [-0.2, -0.15) is 13.2 Å². The van der Waals surface area contributed by atoms with Gasteiger partial charge in [0.25, 0.3) is 0 Å². The smallest absolute Gasteiger partial charge is 0.417 e. The molecule has 1 aliphatic heterocycles. The highest BCUT2D eigenvalue weighted by Gasteiger charge is 2.31. The monoisotopic (exact) mass is 279 g/mol. The van der Waals surface area contributed by atoms with Crippen LogP contribution in [0.5, 0.6) is 0 Å². The number of hydrogen-bond donors (Lipinski definition) is 0. The first kappa shape index (κ1) is 15.1. The van der Waals surface area contributed by atoms with Gasteiger partial charge in [0.2, 0.25) is 0 Å². The van der Waals surface area contributed by atoms with Crippen molar-refractivity contribution in [1.29, 1.82) is 0 Å². The summed E-state index contributed by atoms with van der Waals surface area (Å²) in [7, 11) is 0. The number of nitrogens with zero attached hydrogens (tertiary/aromatic N) is 2. The SMILES string of the molecule is CC1CCCN(c2ccc(C(F)(F)F)cn2)C1.[Cl-]. The molecule has 1 unspecified atom stereocenters. The second-order valence-electron chi connectivity index (χ2n) is 4.60. The highest BCUT2D eigenvalue weighted by Crippen LogP contribution is 2.30. The zero-order valence-electron chi connectivity index (χ0n) is 10.0. The summed E-state index contributed by atoms with van der Waals surface area (Å²) in [6, 6.07) is 2.56. The third-order valence-electron chi connectivity index (χ3n) is 3.06. The highest BCUT2D eigenvalue weighted by molar-refractivity contribution is 5.40. The Kier molecular flexibility index (Phi) is 4.85. The van der Waals surface area contributed by atoms with Gasteiger partial charge in [-0.3, -0.25) is 0 Å². The second kappa shape index (κ2) is 5.78. The molecular weight excluding hydrogens is 265 g/mol. The summed E-state index contributed by atoms with van der Waals surface area (Å²) in [6.07, 6.45) is -1.14. The number of anilines is 1. The fraction of sp³-hybridized carbons (Fsp3) is 0.583. The van der Waals surface area contributed by atoms with Crippen molar-refractivity contribution in [3.8, 4) is 0 Å². The normalized spacial score (nSPS) is 20.4. The third kappa shape index (κ3) is 3.51. The van der Waals surface area contributed by atoms with Gasteiger partial charge in [0, 0.05) is 19.3 Å². The molecule has 0 aromatic carbocycles. The number of piperidine rings is 1. The first-order chi connectivity index (χ1) is 7.97. The molecule has 2 nitrogen and oxygen atoms in total. The standard InChI is InChI=1S/C12H15F3N2.ClH/c1-9-3-2-6-17(8-9)11-5-4-10(7-16-11)12(13,14)15;/h4-5,7,9H,2-3,6,8H2,1H3;1H/p-1. The molecule has 1 aromatic heterocycles. The Hall–Kier alpha value is -0.970. The number of aromatic nitrogens is 1. The van der Waals surface area contributed by atoms with Crippen LogP contribution in [0, 0.1) is 5.92 Å². The Morgan fingerprint density at radius 1 is 1.33 bits per heavy atom. The molecule has 6 heteroatoms. The van der Waals surface area contributed by atoms with Crippen molar-refractivity contribution in [1.82, 2.24) is 4.98 Å². The molecule has 0 radical (unpaired) electrons. The van der Waals surface area contributed by atoms with Crippen LogP contribution in [-0.4, -0.2) is 18.1 Å². The third-order valence-corrected chi connectivity index (χ3v) is 3.06. The molecule has 1 aliphatic rings. The van der Waals surface area contributed by atoms with Gasteiger partial charge in [-0.05, 0) is 30.9 Å². The van der Waals surface area contributed by atoms with Gasteiger partial charge < -0.3 is 17.3 Å². The first-order valence-corrected chi connectivity index (χ1v) is 5.75. The van der Waals surface area contributed by atoms with Crippen LogP contribution >= 0.6 is 0 Å². The van der Waals surface area contributed by atoms with E-state index in [0.717, 1.165) is 31.8 Å². The minimum atomic E-state index is -4.30. The lowest BCUT2D eigenvalue weighted by Crippen LogP contribution is -3.00. The van der Waals surface area contributed by atoms with Gasteiger partial charge in [-0.1, -0.05) is 6.92 Å². The molecular formula is C12H15ClF3N2-. The molecule has 18 heavy (non-hydrogen) atoms. The van der Waals surface area contributed by atoms with Crippen molar-refractivity contribution in [2.45, 2.75) is 25.9 Å². The van der Waals surface area contributed by atoms with E-state index in [1.54, 1.807) is 0 Å². The van der Waals surface area contributed by atoms with E-state index in [1.807, 2.05) is 4.90 Å². The molecule has 0 N–H and O–H groups in total. The summed E-state index contributed by atoms with van der Waals surface area (Å²) >= 11 is 0. The van der Waals surface area contributed by atoms with Crippen LogP contribution in [0.4, 0.5) is 19.0 Å². The van der Waals surface area contributed by atoms with Gasteiger partial charge >= 0.3 is 6.18 Å². The van der Waals surface area contributed by atoms with Gasteiger partial charge in [0.1, 0.15) is 5.82 Å². The Bertz CT molecular complexity index is 378. The molecule has 2 rings (SSSR count). The van der Waals surface area contributed by atoms with Crippen LogP contribution in [0.3, 0.4) is 0 Å². The molecule has 0 spiro atoms. The Balaban J connectivity index is 0.00000162. The molecule has 102 valence electrons. The van der Waals surface area contributed by atoms with E-state index >= 15 is 0 Å². The van der Waals surface area contributed by atoms with E-state index < -0.39 is 11.7 Å². The van der Waals surface area contributed by atoms with Gasteiger partial charge in [-0.25, -0.2) is 4.98 Å². The van der Waals surface area contributed by atoms with Crippen molar-refractivity contribution in [2.24, 2.45) is 5.92 Å². The zero-order valence-corrected chi connectivity index (χ0v) is 10.8. The molecule has 0 saturated carbocycles. The minimum absolute atomic E-state index is 0. The molecule has 2 heterocycles. The molecule has 1 atom stereocenters. The lowest BCUT2D eigenvalue weighted by Gasteiger charge is -2.31. The van der Waals surface area contributed by atoms with E-state index in [9.17, 15) is 13.2 Å². The van der Waals surface area contributed by atoms with Crippen molar-refractivity contribution >= 4 is 5.82 Å². The predicted octanol–water partition coefficient (Wildman–Crippen LogP) is 0.341. The Morgan fingerprint density at radius 3 is 2.56 bits per heavy atom. The molecule has 0 aliphatic carbocycles.